The number of halogens is 3. The Morgan fingerprint density at radius 1 is 1.30 bits per heavy atom. The van der Waals surface area contributed by atoms with Crippen LogP contribution in [0.1, 0.15) is 45.4 Å². The monoisotopic (exact) mass is 294 g/mol. The molecule has 7 heteroatoms. The molecule has 2 amide bonds. The van der Waals surface area contributed by atoms with E-state index in [2.05, 4.69) is 10.6 Å². The van der Waals surface area contributed by atoms with Crippen LogP contribution in [-0.2, 0) is 0 Å². The van der Waals surface area contributed by atoms with Gasteiger partial charge in [0.15, 0.2) is 0 Å². The first-order valence-electron chi connectivity index (χ1n) is 7.03. The Bertz CT molecular complexity index is 357. The molecule has 2 fully saturated rings. The predicted molar refractivity (Wildman–Crippen MR) is 67.1 cm³/mol. The number of aliphatic hydroxyl groups is 1. The molecule has 0 aromatic heterocycles. The minimum atomic E-state index is -4.42. The maximum absolute atomic E-state index is 13.0. The van der Waals surface area contributed by atoms with Crippen molar-refractivity contribution in [1.82, 2.24) is 10.6 Å². The van der Waals surface area contributed by atoms with Crippen LogP contribution in [0.5, 0.6) is 0 Å². The van der Waals surface area contributed by atoms with Gasteiger partial charge in [-0.15, -0.1) is 0 Å². The number of hydrogen-bond acceptors (Lipinski definition) is 2. The summed E-state index contributed by atoms with van der Waals surface area (Å²) in [5.74, 6) is -0.523. The molecule has 0 saturated heterocycles. The molecule has 0 heterocycles. The molecule has 2 saturated carbocycles. The molecule has 20 heavy (non-hydrogen) atoms. The van der Waals surface area contributed by atoms with Crippen LogP contribution in [0.2, 0.25) is 0 Å². The summed E-state index contributed by atoms with van der Waals surface area (Å²) in [7, 11) is 0. The number of hydrogen-bond donors (Lipinski definition) is 3. The first-order chi connectivity index (χ1) is 9.17. The molecule has 2 aliphatic carbocycles. The number of amides is 2. The third-order valence-corrected chi connectivity index (χ3v) is 4.22. The zero-order valence-electron chi connectivity index (χ0n) is 11.5. The summed E-state index contributed by atoms with van der Waals surface area (Å²) in [4.78, 5) is 11.7. The smallest absolute Gasteiger partial charge is 0.390 e. The van der Waals surface area contributed by atoms with Gasteiger partial charge in [0.2, 0.25) is 0 Å². The van der Waals surface area contributed by atoms with Gasteiger partial charge < -0.3 is 15.7 Å². The molecule has 4 nitrogen and oxygen atoms in total. The highest BCUT2D eigenvalue weighted by Crippen LogP contribution is 2.36. The molecule has 0 aromatic rings. The number of nitrogens with one attached hydrogen (secondary N) is 2. The second-order valence-corrected chi connectivity index (χ2v) is 6.28. The van der Waals surface area contributed by atoms with Crippen molar-refractivity contribution in [2.75, 3.05) is 0 Å². The van der Waals surface area contributed by atoms with Crippen molar-refractivity contribution in [3.05, 3.63) is 0 Å². The van der Waals surface area contributed by atoms with Crippen molar-refractivity contribution >= 4 is 6.03 Å². The van der Waals surface area contributed by atoms with Crippen LogP contribution in [-0.4, -0.2) is 35.0 Å². The molecular formula is C13H21F3N2O2. The van der Waals surface area contributed by atoms with Crippen molar-refractivity contribution in [2.24, 2.45) is 5.92 Å². The molecule has 3 N–H and O–H groups in total. The quantitative estimate of drug-likeness (QED) is 0.748. The maximum atomic E-state index is 13.0. The standard InChI is InChI=1S/C13H21F3N2O2/c1-12(20)6-9(7-12)17-11(19)18-10(13(14,15)16)8-4-2-3-5-8/h8-10,20H,2-7H2,1H3,(H2,17,18,19). The van der Waals surface area contributed by atoms with Crippen LogP contribution >= 0.6 is 0 Å². The van der Waals surface area contributed by atoms with Gasteiger partial charge in [-0.1, -0.05) is 12.8 Å². The highest BCUT2D eigenvalue weighted by atomic mass is 19.4. The highest BCUT2D eigenvalue weighted by molar-refractivity contribution is 5.74. The van der Waals surface area contributed by atoms with Crippen LogP contribution in [0, 0.1) is 5.92 Å². The summed E-state index contributed by atoms with van der Waals surface area (Å²) in [6.07, 6.45) is -1.10. The second-order valence-electron chi connectivity index (χ2n) is 6.28. The van der Waals surface area contributed by atoms with Crippen LogP contribution in [0.4, 0.5) is 18.0 Å². The van der Waals surface area contributed by atoms with Crippen molar-refractivity contribution in [2.45, 2.75) is 69.3 Å². The lowest BCUT2D eigenvalue weighted by Gasteiger charge is -2.41. The Morgan fingerprint density at radius 2 is 1.85 bits per heavy atom. The third-order valence-electron chi connectivity index (χ3n) is 4.22. The summed E-state index contributed by atoms with van der Waals surface area (Å²) in [5.41, 5.74) is -0.813. The van der Waals surface area contributed by atoms with E-state index >= 15 is 0 Å². The van der Waals surface area contributed by atoms with Gasteiger partial charge in [0.05, 0.1) is 5.60 Å². The summed E-state index contributed by atoms with van der Waals surface area (Å²) >= 11 is 0. The van der Waals surface area contributed by atoms with Crippen molar-refractivity contribution in [1.29, 1.82) is 0 Å². The number of urea groups is 1. The fraction of sp³-hybridized carbons (Fsp3) is 0.923. The van der Waals surface area contributed by atoms with E-state index in [9.17, 15) is 23.1 Å². The minimum Gasteiger partial charge on any atom is -0.390 e. The molecule has 0 aliphatic heterocycles. The predicted octanol–water partition coefficient (Wildman–Crippen LogP) is 2.32. The van der Waals surface area contributed by atoms with E-state index in [0.29, 0.717) is 25.7 Å². The molecule has 0 aromatic carbocycles. The van der Waals surface area contributed by atoms with Crippen molar-refractivity contribution < 1.29 is 23.1 Å². The fourth-order valence-corrected chi connectivity index (χ4v) is 3.23. The SMILES string of the molecule is CC1(O)CC(NC(=O)NC(C2CCCC2)C(F)(F)F)C1. The molecule has 1 atom stereocenters. The number of carbonyl (C=O) groups is 1. The largest absolute Gasteiger partial charge is 0.408 e. The number of carbonyl (C=O) groups excluding carboxylic acids is 1. The average molecular weight is 294 g/mol. The molecule has 2 aliphatic rings. The summed E-state index contributed by atoms with van der Waals surface area (Å²) in [6, 6.07) is -2.81. The molecule has 1 unspecified atom stereocenters. The Kier molecular flexibility index (Phi) is 4.18. The zero-order valence-corrected chi connectivity index (χ0v) is 11.5. The Hall–Kier alpha value is -0.980. The van der Waals surface area contributed by atoms with Gasteiger partial charge in [-0.05, 0) is 38.5 Å². The lowest BCUT2D eigenvalue weighted by atomic mass is 9.77. The van der Waals surface area contributed by atoms with Gasteiger partial charge in [0.25, 0.3) is 0 Å². The van der Waals surface area contributed by atoms with Crippen LogP contribution in [0.3, 0.4) is 0 Å². The molecule has 116 valence electrons. The van der Waals surface area contributed by atoms with E-state index in [1.807, 2.05) is 0 Å². The number of alkyl halides is 3. The topological polar surface area (TPSA) is 61.4 Å². The van der Waals surface area contributed by atoms with Gasteiger partial charge in [-0.3, -0.25) is 0 Å². The van der Waals surface area contributed by atoms with E-state index in [1.165, 1.54) is 0 Å². The molecule has 2 rings (SSSR count). The van der Waals surface area contributed by atoms with Gasteiger partial charge >= 0.3 is 12.2 Å². The lowest BCUT2D eigenvalue weighted by molar-refractivity contribution is -0.164. The van der Waals surface area contributed by atoms with E-state index in [-0.39, 0.29) is 6.04 Å². The van der Waals surface area contributed by atoms with E-state index < -0.39 is 29.8 Å². The normalized spacial score (nSPS) is 32.5. The Balaban J connectivity index is 1.86. The third kappa shape index (κ3) is 3.77. The highest BCUT2D eigenvalue weighted by Gasteiger charge is 2.47. The van der Waals surface area contributed by atoms with Gasteiger partial charge in [-0.25, -0.2) is 4.79 Å². The van der Waals surface area contributed by atoms with Crippen molar-refractivity contribution in [3.63, 3.8) is 0 Å². The van der Waals surface area contributed by atoms with E-state index in [0.717, 1.165) is 12.8 Å². The van der Waals surface area contributed by atoms with Crippen LogP contribution in [0.25, 0.3) is 0 Å². The van der Waals surface area contributed by atoms with Gasteiger partial charge in [0.1, 0.15) is 6.04 Å². The summed E-state index contributed by atoms with van der Waals surface area (Å²) in [6.45, 7) is 1.64. The minimum absolute atomic E-state index is 0.248. The summed E-state index contributed by atoms with van der Waals surface area (Å²) in [5, 5.41) is 14.1. The van der Waals surface area contributed by atoms with E-state index in [4.69, 9.17) is 0 Å². The second kappa shape index (κ2) is 5.42. The molecular weight excluding hydrogens is 273 g/mol. The Labute approximate surface area is 116 Å². The van der Waals surface area contributed by atoms with Crippen LogP contribution in [0.15, 0.2) is 0 Å². The van der Waals surface area contributed by atoms with Gasteiger partial charge in [-0.2, -0.15) is 13.2 Å². The summed E-state index contributed by atoms with van der Waals surface area (Å²) < 4.78 is 39.0. The number of rotatable bonds is 3. The first-order valence-corrected chi connectivity index (χ1v) is 7.03. The Morgan fingerprint density at radius 3 is 2.30 bits per heavy atom. The van der Waals surface area contributed by atoms with E-state index in [1.54, 1.807) is 6.92 Å². The maximum Gasteiger partial charge on any atom is 0.408 e. The molecule has 0 spiro atoms. The average Bonchev–Trinajstić information content (AvgIpc) is 2.74. The van der Waals surface area contributed by atoms with Crippen molar-refractivity contribution in [3.8, 4) is 0 Å². The lowest BCUT2D eigenvalue weighted by Crippen LogP contribution is -2.59. The molecule has 0 bridgehead atoms. The zero-order chi connectivity index (χ0) is 15.0. The van der Waals surface area contributed by atoms with Crippen LogP contribution < -0.4 is 10.6 Å². The van der Waals surface area contributed by atoms with Gasteiger partial charge in [0, 0.05) is 6.04 Å². The first kappa shape index (κ1) is 15.4. The molecule has 0 radical (unpaired) electrons. The fourth-order valence-electron chi connectivity index (χ4n) is 3.23.